The lowest BCUT2D eigenvalue weighted by atomic mass is 10.1. The molecule has 5 heteroatoms. The SMILES string of the molecule is CCCCCCCN(C(C)C)C(CCC(N)=O)C(=O)O. The number of hydrogen-bond acceptors (Lipinski definition) is 3. The predicted molar refractivity (Wildman–Crippen MR) is 80.5 cm³/mol. The topological polar surface area (TPSA) is 83.6 Å². The molecule has 1 atom stereocenters. The fourth-order valence-corrected chi connectivity index (χ4v) is 2.38. The normalized spacial score (nSPS) is 12.8. The summed E-state index contributed by atoms with van der Waals surface area (Å²) in [4.78, 5) is 24.2. The Balaban J connectivity index is 4.41. The van der Waals surface area contributed by atoms with Crippen LogP contribution in [0.1, 0.15) is 65.7 Å². The van der Waals surface area contributed by atoms with E-state index in [1.54, 1.807) is 0 Å². The Labute approximate surface area is 122 Å². The highest BCUT2D eigenvalue weighted by Gasteiger charge is 2.27. The maximum Gasteiger partial charge on any atom is 0.320 e. The molecule has 0 aromatic rings. The minimum Gasteiger partial charge on any atom is -0.480 e. The molecule has 0 fully saturated rings. The second kappa shape index (κ2) is 10.7. The maximum atomic E-state index is 11.4. The van der Waals surface area contributed by atoms with E-state index < -0.39 is 17.9 Å². The molecule has 0 rings (SSSR count). The molecule has 20 heavy (non-hydrogen) atoms. The van der Waals surface area contributed by atoms with Crippen LogP contribution >= 0.6 is 0 Å². The van der Waals surface area contributed by atoms with Crippen molar-refractivity contribution in [2.75, 3.05) is 6.54 Å². The summed E-state index contributed by atoms with van der Waals surface area (Å²) in [5, 5.41) is 9.35. The molecule has 0 saturated heterocycles. The van der Waals surface area contributed by atoms with E-state index in [9.17, 15) is 14.7 Å². The number of aliphatic carboxylic acids is 1. The fourth-order valence-electron chi connectivity index (χ4n) is 2.38. The molecular weight excluding hydrogens is 256 g/mol. The highest BCUT2D eigenvalue weighted by atomic mass is 16.4. The summed E-state index contributed by atoms with van der Waals surface area (Å²) < 4.78 is 0. The maximum absolute atomic E-state index is 11.4. The molecule has 1 unspecified atom stereocenters. The number of unbranched alkanes of at least 4 members (excludes halogenated alkanes) is 4. The molecule has 0 saturated carbocycles. The number of primary amides is 1. The monoisotopic (exact) mass is 286 g/mol. The molecule has 0 radical (unpaired) electrons. The first-order valence-corrected chi connectivity index (χ1v) is 7.67. The van der Waals surface area contributed by atoms with Gasteiger partial charge in [-0.1, -0.05) is 32.6 Å². The molecular formula is C15H30N2O3. The predicted octanol–water partition coefficient (Wildman–Crippen LogP) is 2.39. The lowest BCUT2D eigenvalue weighted by Gasteiger charge is -2.32. The van der Waals surface area contributed by atoms with Crippen LogP contribution in [0, 0.1) is 0 Å². The van der Waals surface area contributed by atoms with Crippen molar-refractivity contribution in [2.24, 2.45) is 5.73 Å². The molecule has 0 aliphatic rings. The van der Waals surface area contributed by atoms with Crippen molar-refractivity contribution in [1.29, 1.82) is 0 Å². The van der Waals surface area contributed by atoms with E-state index in [-0.39, 0.29) is 18.9 Å². The van der Waals surface area contributed by atoms with Gasteiger partial charge in [-0.05, 0) is 33.2 Å². The van der Waals surface area contributed by atoms with Crippen LogP contribution in [0.5, 0.6) is 0 Å². The zero-order valence-corrected chi connectivity index (χ0v) is 13.1. The van der Waals surface area contributed by atoms with E-state index in [1.807, 2.05) is 18.7 Å². The lowest BCUT2D eigenvalue weighted by molar-refractivity contribution is -0.144. The van der Waals surface area contributed by atoms with Gasteiger partial charge in [0.2, 0.25) is 5.91 Å². The molecule has 0 spiro atoms. The lowest BCUT2D eigenvalue weighted by Crippen LogP contribution is -2.46. The highest BCUT2D eigenvalue weighted by molar-refractivity contribution is 5.77. The van der Waals surface area contributed by atoms with Crippen LogP contribution in [-0.4, -0.2) is 40.5 Å². The molecule has 0 aromatic heterocycles. The first kappa shape index (κ1) is 18.9. The number of nitrogens with two attached hydrogens (primary N) is 1. The molecule has 118 valence electrons. The van der Waals surface area contributed by atoms with Crippen molar-refractivity contribution in [3.8, 4) is 0 Å². The van der Waals surface area contributed by atoms with Gasteiger partial charge in [-0.2, -0.15) is 0 Å². The van der Waals surface area contributed by atoms with Crippen molar-refractivity contribution in [1.82, 2.24) is 4.90 Å². The molecule has 5 nitrogen and oxygen atoms in total. The van der Waals surface area contributed by atoms with Crippen LogP contribution in [0.15, 0.2) is 0 Å². The minimum atomic E-state index is -0.867. The number of carbonyl (C=O) groups is 2. The Morgan fingerprint density at radius 3 is 2.20 bits per heavy atom. The van der Waals surface area contributed by atoms with E-state index in [1.165, 1.54) is 19.3 Å². The van der Waals surface area contributed by atoms with Crippen LogP contribution in [0.3, 0.4) is 0 Å². The van der Waals surface area contributed by atoms with Crippen molar-refractivity contribution < 1.29 is 14.7 Å². The van der Waals surface area contributed by atoms with Crippen molar-refractivity contribution in [3.05, 3.63) is 0 Å². The van der Waals surface area contributed by atoms with Crippen molar-refractivity contribution >= 4 is 11.9 Å². The molecule has 3 N–H and O–H groups in total. The van der Waals surface area contributed by atoms with E-state index >= 15 is 0 Å². The molecule has 1 amide bonds. The standard InChI is InChI=1S/C15H30N2O3/c1-4-5-6-7-8-11-17(12(2)3)13(15(19)20)9-10-14(16)18/h12-13H,4-11H2,1-3H3,(H2,16,18)(H,19,20). The number of carboxylic acid groups (broad SMARTS) is 1. The Morgan fingerprint density at radius 2 is 1.75 bits per heavy atom. The van der Waals surface area contributed by atoms with Gasteiger partial charge >= 0.3 is 5.97 Å². The van der Waals surface area contributed by atoms with Crippen LogP contribution in [0.4, 0.5) is 0 Å². The summed E-state index contributed by atoms with van der Waals surface area (Å²) in [6.07, 6.45) is 6.16. The molecule has 0 aliphatic heterocycles. The van der Waals surface area contributed by atoms with E-state index in [0.29, 0.717) is 0 Å². The van der Waals surface area contributed by atoms with Gasteiger partial charge in [-0.25, -0.2) is 0 Å². The zero-order valence-electron chi connectivity index (χ0n) is 13.1. The van der Waals surface area contributed by atoms with Gasteiger partial charge in [-0.15, -0.1) is 0 Å². The summed E-state index contributed by atoms with van der Waals surface area (Å²) in [5.41, 5.74) is 5.12. The largest absolute Gasteiger partial charge is 0.480 e. The van der Waals surface area contributed by atoms with E-state index in [2.05, 4.69) is 6.92 Å². The quantitative estimate of drug-likeness (QED) is 0.540. The van der Waals surface area contributed by atoms with Crippen LogP contribution in [0.2, 0.25) is 0 Å². The minimum absolute atomic E-state index is 0.121. The van der Waals surface area contributed by atoms with Gasteiger partial charge < -0.3 is 10.8 Å². The molecule has 0 heterocycles. The second-order valence-corrected chi connectivity index (χ2v) is 5.60. The first-order chi connectivity index (χ1) is 9.40. The molecule has 0 aliphatic carbocycles. The average Bonchev–Trinajstić information content (AvgIpc) is 2.35. The van der Waals surface area contributed by atoms with Crippen LogP contribution in [0.25, 0.3) is 0 Å². The highest BCUT2D eigenvalue weighted by Crippen LogP contribution is 2.14. The van der Waals surface area contributed by atoms with Crippen LogP contribution < -0.4 is 5.73 Å². The second-order valence-electron chi connectivity index (χ2n) is 5.60. The van der Waals surface area contributed by atoms with Crippen molar-refractivity contribution in [3.63, 3.8) is 0 Å². The van der Waals surface area contributed by atoms with Crippen molar-refractivity contribution in [2.45, 2.75) is 77.8 Å². The van der Waals surface area contributed by atoms with Gasteiger partial charge in [0.25, 0.3) is 0 Å². The smallest absolute Gasteiger partial charge is 0.320 e. The van der Waals surface area contributed by atoms with Gasteiger partial charge in [0.1, 0.15) is 6.04 Å². The van der Waals surface area contributed by atoms with Crippen LogP contribution in [-0.2, 0) is 9.59 Å². The summed E-state index contributed by atoms with van der Waals surface area (Å²) in [5.74, 6) is -1.31. The van der Waals surface area contributed by atoms with Gasteiger partial charge in [0.15, 0.2) is 0 Å². The summed E-state index contributed by atoms with van der Waals surface area (Å²) >= 11 is 0. The summed E-state index contributed by atoms with van der Waals surface area (Å²) in [6.45, 7) is 6.92. The third kappa shape index (κ3) is 8.15. The number of rotatable bonds is 12. The van der Waals surface area contributed by atoms with Gasteiger partial charge in [0, 0.05) is 12.5 Å². The molecule has 0 bridgehead atoms. The average molecular weight is 286 g/mol. The Kier molecular flexibility index (Phi) is 10.1. The third-order valence-corrected chi connectivity index (χ3v) is 3.53. The summed E-state index contributed by atoms with van der Waals surface area (Å²) in [7, 11) is 0. The number of carboxylic acids is 1. The fraction of sp³-hybridized carbons (Fsp3) is 0.867. The third-order valence-electron chi connectivity index (χ3n) is 3.53. The number of carbonyl (C=O) groups excluding carboxylic acids is 1. The number of nitrogens with zero attached hydrogens (tertiary/aromatic N) is 1. The number of hydrogen-bond donors (Lipinski definition) is 2. The zero-order chi connectivity index (χ0) is 15.5. The van der Waals surface area contributed by atoms with Gasteiger partial charge in [-0.3, -0.25) is 14.5 Å². The Morgan fingerprint density at radius 1 is 1.15 bits per heavy atom. The van der Waals surface area contributed by atoms with E-state index in [0.717, 1.165) is 19.4 Å². The Bertz CT molecular complexity index is 293. The molecule has 0 aromatic carbocycles. The van der Waals surface area contributed by atoms with Gasteiger partial charge in [0.05, 0.1) is 0 Å². The van der Waals surface area contributed by atoms with E-state index in [4.69, 9.17) is 5.73 Å². The summed E-state index contributed by atoms with van der Waals surface area (Å²) in [6, 6.07) is -0.469. The first-order valence-electron chi connectivity index (χ1n) is 7.67. The Hall–Kier alpha value is -1.10. The number of amides is 1.